The summed E-state index contributed by atoms with van der Waals surface area (Å²) in [5.74, 6) is 0.958. The first kappa shape index (κ1) is 16.9. The largest absolute Gasteiger partial charge is 0.497 e. The summed E-state index contributed by atoms with van der Waals surface area (Å²) in [4.78, 5) is 12.2. The summed E-state index contributed by atoms with van der Waals surface area (Å²) in [6.45, 7) is 0. The van der Waals surface area contributed by atoms with Crippen molar-refractivity contribution >= 4 is 39.0 Å². The molecule has 0 bridgehead atoms. The number of rotatable bonds is 5. The first-order valence-corrected chi connectivity index (χ1v) is 8.25. The Morgan fingerprint density at radius 1 is 1.00 bits per heavy atom. The Balaban J connectivity index is 1.66. The minimum Gasteiger partial charge on any atom is -0.497 e. The summed E-state index contributed by atoms with van der Waals surface area (Å²) >= 11 is 3.35. The van der Waals surface area contributed by atoms with E-state index in [0.717, 1.165) is 15.9 Å². The molecule has 7 heteroatoms. The van der Waals surface area contributed by atoms with Gasteiger partial charge in [-0.1, -0.05) is 22.0 Å². The minimum atomic E-state index is -0.317. The zero-order valence-electron chi connectivity index (χ0n) is 13.4. The predicted octanol–water partition coefficient (Wildman–Crippen LogP) is 4.24. The van der Waals surface area contributed by atoms with Gasteiger partial charge in [-0.2, -0.15) is 0 Å². The van der Waals surface area contributed by atoms with Gasteiger partial charge in [0.25, 0.3) is 5.91 Å². The van der Waals surface area contributed by atoms with Crippen molar-refractivity contribution in [1.82, 2.24) is 10.2 Å². The van der Waals surface area contributed by atoms with E-state index in [-0.39, 0.29) is 11.6 Å². The second-order valence-electron chi connectivity index (χ2n) is 5.12. The molecule has 0 saturated heterocycles. The number of nitrogens with zero attached hydrogens (tertiary/aromatic N) is 2. The number of carbonyl (C=O) groups is 1. The number of halogens is 1. The van der Waals surface area contributed by atoms with Gasteiger partial charge in [-0.25, -0.2) is 0 Å². The molecule has 2 N–H and O–H groups in total. The molecule has 3 aromatic rings. The van der Waals surface area contributed by atoms with Crippen LogP contribution in [0.3, 0.4) is 0 Å². The summed E-state index contributed by atoms with van der Waals surface area (Å²) in [6, 6.07) is 18.1. The summed E-state index contributed by atoms with van der Waals surface area (Å²) < 4.78 is 6.12. The number of anilines is 3. The quantitative estimate of drug-likeness (QED) is 0.671. The first-order valence-electron chi connectivity index (χ1n) is 7.46. The third kappa shape index (κ3) is 4.54. The SMILES string of the molecule is COc1cccc(Nc2ccc(C(=O)Nc3ccc(Br)cc3)nn2)c1. The molecule has 0 radical (unpaired) electrons. The van der Waals surface area contributed by atoms with Crippen LogP contribution in [0.1, 0.15) is 10.5 Å². The van der Waals surface area contributed by atoms with E-state index >= 15 is 0 Å². The van der Waals surface area contributed by atoms with Gasteiger partial charge in [0.15, 0.2) is 11.5 Å². The number of methoxy groups -OCH3 is 1. The average Bonchev–Trinajstić information content (AvgIpc) is 2.64. The normalized spacial score (nSPS) is 10.2. The van der Waals surface area contributed by atoms with E-state index in [1.165, 1.54) is 0 Å². The van der Waals surface area contributed by atoms with Gasteiger partial charge in [-0.05, 0) is 48.5 Å². The summed E-state index contributed by atoms with van der Waals surface area (Å²) in [5.41, 5.74) is 1.74. The van der Waals surface area contributed by atoms with Crippen molar-refractivity contribution in [3.8, 4) is 5.75 Å². The lowest BCUT2D eigenvalue weighted by atomic mass is 10.3. The topological polar surface area (TPSA) is 76.1 Å². The number of carbonyl (C=O) groups excluding carboxylic acids is 1. The summed E-state index contributed by atoms with van der Waals surface area (Å²) in [7, 11) is 1.61. The summed E-state index contributed by atoms with van der Waals surface area (Å²) in [6.07, 6.45) is 0. The minimum absolute atomic E-state index is 0.235. The molecule has 0 aliphatic carbocycles. The van der Waals surface area contributed by atoms with E-state index in [2.05, 4.69) is 36.8 Å². The Kier molecular flexibility index (Phi) is 5.25. The third-order valence-electron chi connectivity index (χ3n) is 3.34. The Morgan fingerprint density at radius 3 is 2.48 bits per heavy atom. The zero-order chi connectivity index (χ0) is 17.6. The highest BCUT2D eigenvalue weighted by atomic mass is 79.9. The van der Waals surface area contributed by atoms with Crippen molar-refractivity contribution in [3.63, 3.8) is 0 Å². The van der Waals surface area contributed by atoms with Crippen LogP contribution in [-0.4, -0.2) is 23.2 Å². The number of aromatic nitrogens is 2. The molecule has 2 aromatic carbocycles. The molecular weight excluding hydrogens is 384 g/mol. The predicted molar refractivity (Wildman–Crippen MR) is 100 cm³/mol. The van der Waals surface area contributed by atoms with Gasteiger partial charge in [0, 0.05) is 21.9 Å². The van der Waals surface area contributed by atoms with Gasteiger partial charge in [0.2, 0.25) is 0 Å². The van der Waals surface area contributed by atoms with E-state index in [1.807, 2.05) is 36.4 Å². The van der Waals surface area contributed by atoms with Crippen molar-refractivity contribution in [2.75, 3.05) is 17.7 Å². The van der Waals surface area contributed by atoms with Gasteiger partial charge < -0.3 is 15.4 Å². The molecule has 25 heavy (non-hydrogen) atoms. The van der Waals surface area contributed by atoms with Gasteiger partial charge in [-0.15, -0.1) is 10.2 Å². The number of benzene rings is 2. The third-order valence-corrected chi connectivity index (χ3v) is 3.87. The molecule has 126 valence electrons. The molecule has 0 aliphatic rings. The van der Waals surface area contributed by atoms with Crippen LogP contribution < -0.4 is 15.4 Å². The number of nitrogens with one attached hydrogen (secondary N) is 2. The molecule has 6 nitrogen and oxygen atoms in total. The Bertz CT molecular complexity index is 867. The summed E-state index contributed by atoms with van der Waals surface area (Å²) in [5, 5.41) is 13.9. The smallest absolute Gasteiger partial charge is 0.276 e. The number of hydrogen-bond donors (Lipinski definition) is 2. The number of hydrogen-bond acceptors (Lipinski definition) is 5. The van der Waals surface area contributed by atoms with Crippen LogP contribution in [0.15, 0.2) is 65.1 Å². The van der Waals surface area contributed by atoms with Gasteiger partial charge in [0.1, 0.15) is 5.75 Å². The van der Waals surface area contributed by atoms with E-state index in [4.69, 9.17) is 4.74 Å². The lowest BCUT2D eigenvalue weighted by Gasteiger charge is -2.08. The zero-order valence-corrected chi connectivity index (χ0v) is 14.9. The molecule has 0 spiro atoms. The van der Waals surface area contributed by atoms with Crippen LogP contribution in [0, 0.1) is 0 Å². The van der Waals surface area contributed by atoms with Crippen LogP contribution in [0.2, 0.25) is 0 Å². The maximum Gasteiger partial charge on any atom is 0.276 e. The number of amides is 1. The molecule has 1 heterocycles. The van der Waals surface area contributed by atoms with Crippen molar-refractivity contribution < 1.29 is 9.53 Å². The highest BCUT2D eigenvalue weighted by molar-refractivity contribution is 9.10. The first-order chi connectivity index (χ1) is 12.1. The van der Waals surface area contributed by atoms with Crippen LogP contribution in [0.25, 0.3) is 0 Å². The van der Waals surface area contributed by atoms with Crippen LogP contribution in [-0.2, 0) is 0 Å². The number of ether oxygens (including phenoxy) is 1. The van der Waals surface area contributed by atoms with Crippen LogP contribution in [0.5, 0.6) is 5.75 Å². The molecule has 0 unspecified atom stereocenters. The molecule has 0 saturated carbocycles. The van der Waals surface area contributed by atoms with Crippen molar-refractivity contribution in [1.29, 1.82) is 0 Å². The second kappa shape index (κ2) is 7.76. The van der Waals surface area contributed by atoms with E-state index in [0.29, 0.717) is 11.5 Å². The van der Waals surface area contributed by atoms with E-state index in [9.17, 15) is 4.79 Å². The van der Waals surface area contributed by atoms with Crippen molar-refractivity contribution in [2.24, 2.45) is 0 Å². The van der Waals surface area contributed by atoms with E-state index < -0.39 is 0 Å². The monoisotopic (exact) mass is 398 g/mol. The van der Waals surface area contributed by atoms with Gasteiger partial charge in [-0.3, -0.25) is 4.79 Å². The van der Waals surface area contributed by atoms with Crippen LogP contribution in [0.4, 0.5) is 17.2 Å². The highest BCUT2D eigenvalue weighted by Gasteiger charge is 2.09. The molecule has 0 atom stereocenters. The average molecular weight is 399 g/mol. The maximum atomic E-state index is 12.2. The molecule has 1 aromatic heterocycles. The Hall–Kier alpha value is -2.93. The van der Waals surface area contributed by atoms with Gasteiger partial charge >= 0.3 is 0 Å². The van der Waals surface area contributed by atoms with E-state index in [1.54, 1.807) is 31.4 Å². The van der Waals surface area contributed by atoms with Crippen molar-refractivity contribution in [2.45, 2.75) is 0 Å². The van der Waals surface area contributed by atoms with Crippen LogP contribution >= 0.6 is 15.9 Å². The molecule has 0 fully saturated rings. The highest BCUT2D eigenvalue weighted by Crippen LogP contribution is 2.20. The Labute approximate surface area is 153 Å². The Morgan fingerprint density at radius 2 is 1.80 bits per heavy atom. The lowest BCUT2D eigenvalue weighted by Crippen LogP contribution is -2.14. The standard InChI is InChI=1S/C18H15BrN4O2/c1-25-15-4-2-3-14(11-15)20-17-10-9-16(22-23-17)18(24)21-13-7-5-12(19)6-8-13/h2-11H,1H3,(H,20,23)(H,21,24). The molecule has 3 rings (SSSR count). The molecule has 1 amide bonds. The molecular formula is C18H15BrN4O2. The lowest BCUT2D eigenvalue weighted by molar-refractivity contribution is 0.102. The van der Waals surface area contributed by atoms with Gasteiger partial charge in [0.05, 0.1) is 7.11 Å². The molecule has 0 aliphatic heterocycles. The fourth-order valence-electron chi connectivity index (χ4n) is 2.10. The fraction of sp³-hybridized carbons (Fsp3) is 0.0556. The fourth-order valence-corrected chi connectivity index (χ4v) is 2.36. The second-order valence-corrected chi connectivity index (χ2v) is 6.04. The van der Waals surface area contributed by atoms with Crippen molar-refractivity contribution in [3.05, 3.63) is 70.8 Å². The maximum absolute atomic E-state index is 12.2.